The molecule has 0 aliphatic heterocycles. The van der Waals surface area contributed by atoms with Crippen LogP contribution in [0.2, 0.25) is 0 Å². The van der Waals surface area contributed by atoms with E-state index in [4.69, 9.17) is 17.0 Å². The van der Waals surface area contributed by atoms with Crippen LogP contribution in [0.1, 0.15) is 42.9 Å². The van der Waals surface area contributed by atoms with E-state index in [1.54, 1.807) is 6.07 Å². The quantitative estimate of drug-likeness (QED) is 0.507. The Balaban J connectivity index is 1.92. The zero-order valence-corrected chi connectivity index (χ0v) is 16.9. The van der Waals surface area contributed by atoms with Gasteiger partial charge >= 0.3 is 0 Å². The van der Waals surface area contributed by atoms with Gasteiger partial charge in [-0.05, 0) is 67.7 Å². The van der Waals surface area contributed by atoms with E-state index in [0.717, 1.165) is 23.1 Å². The fourth-order valence-corrected chi connectivity index (χ4v) is 2.84. The average molecular weight is 387 g/mol. The summed E-state index contributed by atoms with van der Waals surface area (Å²) >= 11 is 5.17. The number of rotatable bonds is 6. The number of hydrogen-bond donors (Lipinski definition) is 3. The van der Waals surface area contributed by atoms with Gasteiger partial charge in [-0.3, -0.25) is 10.1 Å². The molecule has 0 aliphatic rings. The molecular weight excluding hydrogens is 360 g/mol. The summed E-state index contributed by atoms with van der Waals surface area (Å²) in [6.45, 7) is 8.00. The van der Waals surface area contributed by atoms with Crippen LogP contribution in [-0.4, -0.2) is 22.7 Å². The summed E-state index contributed by atoms with van der Waals surface area (Å²) in [7, 11) is 0. The Hall–Kier alpha value is -2.60. The Bertz CT molecular complexity index is 836. The molecule has 2 rings (SSSR count). The van der Waals surface area contributed by atoms with Crippen LogP contribution in [0, 0.1) is 13.8 Å². The molecule has 0 bridgehead atoms. The highest BCUT2D eigenvalue weighted by Gasteiger charge is 2.11. The predicted octanol–water partition coefficient (Wildman–Crippen LogP) is 4.41. The number of phenols is 1. The number of nitrogens with one attached hydrogen (secondary N) is 2. The lowest BCUT2D eigenvalue weighted by Crippen LogP contribution is -2.37. The van der Waals surface area contributed by atoms with E-state index >= 15 is 0 Å². The van der Waals surface area contributed by atoms with E-state index in [-0.39, 0.29) is 23.4 Å². The number of anilines is 1. The monoisotopic (exact) mass is 386 g/mol. The number of thiocarbonyl (C=S) groups is 1. The number of carbonyl (C=O) groups is 1. The maximum Gasteiger partial charge on any atom is 0.264 e. The molecule has 0 fully saturated rings. The van der Waals surface area contributed by atoms with Gasteiger partial charge in [0.05, 0.1) is 5.69 Å². The second-order valence-corrected chi connectivity index (χ2v) is 7.05. The van der Waals surface area contributed by atoms with Gasteiger partial charge in [0.25, 0.3) is 5.91 Å². The Morgan fingerprint density at radius 2 is 1.96 bits per heavy atom. The summed E-state index contributed by atoms with van der Waals surface area (Å²) in [6.07, 6.45) is 0.987. The van der Waals surface area contributed by atoms with Gasteiger partial charge < -0.3 is 15.2 Å². The lowest BCUT2D eigenvalue weighted by atomic mass is 9.98. The summed E-state index contributed by atoms with van der Waals surface area (Å²) in [6, 6.07) is 11.1. The number of amides is 1. The van der Waals surface area contributed by atoms with Gasteiger partial charge in [-0.15, -0.1) is 0 Å². The number of phenolic OH excluding ortho intramolecular Hbond substituents is 1. The molecule has 6 heteroatoms. The Morgan fingerprint density at radius 1 is 1.22 bits per heavy atom. The van der Waals surface area contributed by atoms with E-state index in [1.807, 2.05) is 44.2 Å². The van der Waals surface area contributed by atoms with Crippen LogP contribution >= 0.6 is 12.2 Å². The summed E-state index contributed by atoms with van der Waals surface area (Å²) in [4.78, 5) is 12.1. The van der Waals surface area contributed by atoms with E-state index in [0.29, 0.717) is 17.4 Å². The molecule has 2 aromatic rings. The third-order valence-corrected chi connectivity index (χ3v) is 4.60. The molecule has 0 saturated carbocycles. The maximum absolute atomic E-state index is 12.1. The van der Waals surface area contributed by atoms with Crippen LogP contribution in [0.25, 0.3) is 0 Å². The van der Waals surface area contributed by atoms with Crippen molar-refractivity contribution in [3.8, 4) is 11.5 Å². The number of carbonyl (C=O) groups excluding carboxylic acids is 1. The van der Waals surface area contributed by atoms with Gasteiger partial charge in [0.1, 0.15) is 11.5 Å². The fraction of sp³-hybridized carbons (Fsp3) is 0.333. The lowest BCUT2D eigenvalue weighted by molar-refractivity contribution is -0.121. The highest BCUT2D eigenvalue weighted by molar-refractivity contribution is 7.80. The first-order valence-corrected chi connectivity index (χ1v) is 9.34. The van der Waals surface area contributed by atoms with Crippen molar-refractivity contribution >= 4 is 28.9 Å². The van der Waals surface area contributed by atoms with Crippen molar-refractivity contribution in [2.75, 3.05) is 11.9 Å². The second kappa shape index (κ2) is 9.37. The summed E-state index contributed by atoms with van der Waals surface area (Å²) in [5.41, 5.74) is 3.66. The molecule has 2 aromatic carbocycles. The molecule has 144 valence electrons. The Labute approximate surface area is 165 Å². The molecular formula is C21H26N2O3S. The summed E-state index contributed by atoms with van der Waals surface area (Å²) in [5, 5.41) is 15.6. The molecule has 1 unspecified atom stereocenters. The fourth-order valence-electron chi connectivity index (χ4n) is 2.62. The summed E-state index contributed by atoms with van der Waals surface area (Å²) < 4.78 is 5.54. The molecule has 1 atom stereocenters. The highest BCUT2D eigenvalue weighted by atomic mass is 32.1. The van der Waals surface area contributed by atoms with Gasteiger partial charge in [0.2, 0.25) is 0 Å². The first-order chi connectivity index (χ1) is 12.8. The summed E-state index contributed by atoms with van der Waals surface area (Å²) in [5.74, 6) is 0.726. The van der Waals surface area contributed by atoms with Crippen LogP contribution in [0.5, 0.6) is 11.5 Å². The zero-order valence-electron chi connectivity index (χ0n) is 16.1. The van der Waals surface area contributed by atoms with Crippen molar-refractivity contribution in [3.63, 3.8) is 0 Å². The minimum Gasteiger partial charge on any atom is -0.506 e. The van der Waals surface area contributed by atoms with Crippen molar-refractivity contribution in [2.24, 2.45) is 0 Å². The Morgan fingerprint density at radius 3 is 2.63 bits per heavy atom. The molecule has 0 aliphatic carbocycles. The normalized spacial score (nSPS) is 11.6. The van der Waals surface area contributed by atoms with E-state index in [1.165, 1.54) is 0 Å². The topological polar surface area (TPSA) is 70.6 Å². The Kier molecular flexibility index (Phi) is 7.19. The molecule has 0 saturated heterocycles. The maximum atomic E-state index is 12.1. The van der Waals surface area contributed by atoms with E-state index in [2.05, 4.69) is 24.5 Å². The lowest BCUT2D eigenvalue weighted by Gasteiger charge is -2.15. The third kappa shape index (κ3) is 5.96. The second-order valence-electron chi connectivity index (χ2n) is 6.65. The number of benzene rings is 2. The van der Waals surface area contributed by atoms with Crippen molar-refractivity contribution in [1.82, 2.24) is 5.32 Å². The standard InChI is InChI=1S/C21H26N2O3S/c1-5-14(3)16-7-8-18(24)17(11-16)22-21(27)23-20(25)12-26-19-9-6-13(2)10-15(19)4/h6-11,14,24H,5,12H2,1-4H3,(H2,22,23,25,27). The molecule has 1 amide bonds. The first-order valence-electron chi connectivity index (χ1n) is 8.94. The molecule has 0 aromatic heterocycles. The number of aryl methyl sites for hydroxylation is 2. The zero-order chi connectivity index (χ0) is 20.0. The number of aromatic hydroxyl groups is 1. The molecule has 0 heterocycles. The minimum absolute atomic E-state index is 0.0742. The van der Waals surface area contributed by atoms with Crippen molar-refractivity contribution < 1.29 is 14.6 Å². The highest BCUT2D eigenvalue weighted by Crippen LogP contribution is 2.29. The van der Waals surface area contributed by atoms with Gasteiger partial charge in [-0.1, -0.05) is 37.6 Å². The molecule has 0 radical (unpaired) electrons. The molecule has 0 spiro atoms. The van der Waals surface area contributed by atoms with Gasteiger partial charge in [-0.2, -0.15) is 0 Å². The van der Waals surface area contributed by atoms with Crippen molar-refractivity contribution in [1.29, 1.82) is 0 Å². The van der Waals surface area contributed by atoms with Gasteiger partial charge in [-0.25, -0.2) is 0 Å². The molecule has 27 heavy (non-hydrogen) atoms. The van der Waals surface area contributed by atoms with Crippen LogP contribution < -0.4 is 15.4 Å². The number of ether oxygens (including phenoxy) is 1. The van der Waals surface area contributed by atoms with Crippen LogP contribution in [0.15, 0.2) is 36.4 Å². The van der Waals surface area contributed by atoms with Gasteiger partial charge in [0.15, 0.2) is 11.7 Å². The van der Waals surface area contributed by atoms with E-state index < -0.39 is 0 Å². The van der Waals surface area contributed by atoms with Crippen LogP contribution in [0.3, 0.4) is 0 Å². The SMILES string of the molecule is CCC(C)c1ccc(O)c(NC(=S)NC(=O)COc2ccc(C)cc2C)c1. The average Bonchev–Trinajstić information content (AvgIpc) is 2.62. The minimum atomic E-state index is -0.370. The smallest absolute Gasteiger partial charge is 0.264 e. The predicted molar refractivity (Wildman–Crippen MR) is 113 cm³/mol. The van der Waals surface area contributed by atoms with Crippen molar-refractivity contribution in [3.05, 3.63) is 53.1 Å². The van der Waals surface area contributed by atoms with Crippen LogP contribution in [0.4, 0.5) is 5.69 Å². The first kappa shape index (κ1) is 20.7. The number of hydrogen-bond acceptors (Lipinski definition) is 4. The van der Waals surface area contributed by atoms with E-state index in [9.17, 15) is 9.90 Å². The van der Waals surface area contributed by atoms with Crippen LogP contribution in [-0.2, 0) is 4.79 Å². The molecule has 5 nitrogen and oxygen atoms in total. The molecule has 3 N–H and O–H groups in total. The van der Waals surface area contributed by atoms with Crippen molar-refractivity contribution in [2.45, 2.75) is 40.0 Å². The van der Waals surface area contributed by atoms with Gasteiger partial charge in [0, 0.05) is 0 Å². The largest absolute Gasteiger partial charge is 0.506 e. The third-order valence-electron chi connectivity index (χ3n) is 4.39.